The fourth-order valence-electron chi connectivity index (χ4n) is 1.47. The van der Waals surface area contributed by atoms with Crippen LogP contribution in [0.4, 0.5) is 0 Å². The van der Waals surface area contributed by atoms with Crippen molar-refractivity contribution in [3.8, 4) is 5.75 Å². The largest absolute Gasteiger partial charge is 0.491 e. The molecule has 5 heteroatoms. The topological polar surface area (TPSA) is 74.1 Å². The molecule has 0 aromatic heterocycles. The van der Waals surface area contributed by atoms with Crippen molar-refractivity contribution in [1.29, 1.82) is 0 Å². The molecular weight excluding hydrogens is 244 g/mol. The molecule has 0 heterocycles. The van der Waals surface area contributed by atoms with Crippen molar-refractivity contribution in [3.63, 3.8) is 0 Å². The molecule has 0 radical (unpaired) electrons. The van der Waals surface area contributed by atoms with Crippen molar-refractivity contribution in [2.45, 2.75) is 32.9 Å². The van der Waals surface area contributed by atoms with Crippen LogP contribution < -0.4 is 10.1 Å². The second-order valence-corrected chi connectivity index (χ2v) is 4.74. The van der Waals surface area contributed by atoms with Crippen LogP contribution in [0, 0.1) is 0 Å². The summed E-state index contributed by atoms with van der Waals surface area (Å²) in [6.07, 6.45) is -0.539. The molecule has 0 spiro atoms. The van der Waals surface area contributed by atoms with Crippen molar-refractivity contribution in [1.82, 2.24) is 5.32 Å². The Balaban J connectivity index is 2.41. The molecule has 0 fully saturated rings. The van der Waals surface area contributed by atoms with E-state index in [-0.39, 0.29) is 6.61 Å². The van der Waals surface area contributed by atoms with Crippen molar-refractivity contribution in [2.75, 3.05) is 13.2 Å². The van der Waals surface area contributed by atoms with Gasteiger partial charge in [0.05, 0.1) is 5.71 Å². The van der Waals surface area contributed by atoms with Gasteiger partial charge in [0.15, 0.2) is 0 Å². The molecule has 1 aromatic rings. The zero-order valence-electron chi connectivity index (χ0n) is 11.6. The summed E-state index contributed by atoms with van der Waals surface area (Å²) in [5.74, 6) is 0.679. The molecule has 0 aliphatic carbocycles. The Morgan fingerprint density at radius 1 is 1.32 bits per heavy atom. The van der Waals surface area contributed by atoms with Crippen molar-refractivity contribution in [2.24, 2.45) is 5.16 Å². The first kappa shape index (κ1) is 15.5. The van der Waals surface area contributed by atoms with Gasteiger partial charge in [-0.2, -0.15) is 0 Å². The van der Waals surface area contributed by atoms with Gasteiger partial charge in [-0.15, -0.1) is 0 Å². The van der Waals surface area contributed by atoms with Gasteiger partial charge in [0.2, 0.25) is 0 Å². The van der Waals surface area contributed by atoms with E-state index < -0.39 is 6.10 Å². The summed E-state index contributed by atoms with van der Waals surface area (Å²) in [4.78, 5) is 0. The fourth-order valence-corrected chi connectivity index (χ4v) is 1.47. The maximum absolute atomic E-state index is 9.70. The summed E-state index contributed by atoms with van der Waals surface area (Å²) >= 11 is 0. The number of hydrogen-bond donors (Lipinski definition) is 3. The molecule has 0 unspecified atom stereocenters. The highest BCUT2D eigenvalue weighted by atomic mass is 16.5. The van der Waals surface area contributed by atoms with Gasteiger partial charge in [-0.1, -0.05) is 19.0 Å². The molecule has 106 valence electrons. The third kappa shape index (κ3) is 5.72. The van der Waals surface area contributed by atoms with E-state index in [4.69, 9.17) is 9.94 Å². The Labute approximate surface area is 113 Å². The van der Waals surface area contributed by atoms with Gasteiger partial charge < -0.3 is 20.4 Å². The van der Waals surface area contributed by atoms with Crippen LogP contribution in [0.2, 0.25) is 0 Å². The van der Waals surface area contributed by atoms with Crippen LogP contribution in [0.1, 0.15) is 26.3 Å². The van der Waals surface area contributed by atoms with Crippen LogP contribution >= 0.6 is 0 Å². The van der Waals surface area contributed by atoms with Crippen LogP contribution in [0.25, 0.3) is 0 Å². The Morgan fingerprint density at radius 3 is 2.47 bits per heavy atom. The molecule has 0 saturated heterocycles. The van der Waals surface area contributed by atoms with Gasteiger partial charge in [0.25, 0.3) is 0 Å². The lowest BCUT2D eigenvalue weighted by atomic mass is 10.1. The van der Waals surface area contributed by atoms with E-state index in [1.54, 1.807) is 19.1 Å². The van der Waals surface area contributed by atoms with Crippen LogP contribution in [-0.2, 0) is 0 Å². The number of hydrogen-bond acceptors (Lipinski definition) is 5. The summed E-state index contributed by atoms with van der Waals surface area (Å²) in [6, 6.07) is 7.53. The summed E-state index contributed by atoms with van der Waals surface area (Å²) in [5, 5.41) is 24.6. The Kier molecular flexibility index (Phi) is 6.32. The lowest BCUT2D eigenvalue weighted by molar-refractivity contribution is 0.104. The highest BCUT2D eigenvalue weighted by Crippen LogP contribution is 2.13. The number of nitrogens with one attached hydrogen (secondary N) is 1. The smallest absolute Gasteiger partial charge is 0.119 e. The predicted octanol–water partition coefficient (Wildman–Crippen LogP) is 1.62. The third-order valence-electron chi connectivity index (χ3n) is 2.63. The van der Waals surface area contributed by atoms with E-state index in [9.17, 15) is 5.11 Å². The maximum atomic E-state index is 9.70. The Morgan fingerprint density at radius 2 is 1.95 bits per heavy atom. The monoisotopic (exact) mass is 266 g/mol. The van der Waals surface area contributed by atoms with E-state index in [1.807, 2.05) is 26.0 Å². The van der Waals surface area contributed by atoms with Gasteiger partial charge in [-0.3, -0.25) is 0 Å². The SMILES string of the molecule is C/C(=N\O)c1ccc(OC[C@@H](O)CNC(C)C)cc1. The molecule has 19 heavy (non-hydrogen) atoms. The molecule has 0 amide bonds. The van der Waals surface area contributed by atoms with Gasteiger partial charge in [-0.25, -0.2) is 0 Å². The van der Waals surface area contributed by atoms with Crippen LogP contribution in [0.15, 0.2) is 29.4 Å². The Hall–Kier alpha value is -1.59. The summed E-state index contributed by atoms with van der Waals surface area (Å²) in [5.41, 5.74) is 1.38. The first-order valence-electron chi connectivity index (χ1n) is 6.36. The molecule has 1 atom stereocenters. The lowest BCUT2D eigenvalue weighted by Crippen LogP contribution is -2.35. The third-order valence-corrected chi connectivity index (χ3v) is 2.63. The Bertz CT molecular complexity index is 402. The standard InChI is InChI=1S/C14H22N2O3/c1-10(2)15-8-13(17)9-19-14-6-4-12(5-7-14)11(3)16-18/h4-7,10,13,15,17-18H,8-9H2,1-3H3/b16-11+/t13-/m0/s1. The number of ether oxygens (including phenoxy) is 1. The van der Waals surface area contributed by atoms with Crippen LogP contribution in [-0.4, -0.2) is 41.3 Å². The molecule has 0 saturated carbocycles. The van der Waals surface area contributed by atoms with Crippen LogP contribution in [0.5, 0.6) is 5.75 Å². The van der Waals surface area contributed by atoms with Gasteiger partial charge in [-0.05, 0) is 36.8 Å². The molecule has 1 aromatic carbocycles. The minimum absolute atomic E-state index is 0.242. The zero-order valence-corrected chi connectivity index (χ0v) is 11.6. The van der Waals surface area contributed by atoms with Gasteiger partial charge in [0, 0.05) is 12.6 Å². The van der Waals surface area contributed by atoms with E-state index >= 15 is 0 Å². The summed E-state index contributed by atoms with van der Waals surface area (Å²) in [6.45, 7) is 6.52. The first-order valence-corrected chi connectivity index (χ1v) is 6.36. The normalized spacial score (nSPS) is 13.6. The molecule has 0 aliphatic rings. The minimum Gasteiger partial charge on any atom is -0.491 e. The highest BCUT2D eigenvalue weighted by Gasteiger charge is 2.06. The quantitative estimate of drug-likeness (QED) is 0.398. The zero-order chi connectivity index (χ0) is 14.3. The average Bonchev–Trinajstić information content (AvgIpc) is 2.42. The van der Waals surface area contributed by atoms with E-state index in [0.717, 1.165) is 5.56 Å². The fraction of sp³-hybridized carbons (Fsp3) is 0.500. The van der Waals surface area contributed by atoms with E-state index in [1.165, 1.54) is 0 Å². The number of aliphatic hydroxyl groups excluding tert-OH is 1. The molecule has 0 bridgehead atoms. The number of rotatable bonds is 7. The van der Waals surface area contributed by atoms with Crippen molar-refractivity contribution in [3.05, 3.63) is 29.8 Å². The van der Waals surface area contributed by atoms with E-state index in [2.05, 4.69) is 10.5 Å². The van der Waals surface area contributed by atoms with Gasteiger partial charge in [0.1, 0.15) is 18.5 Å². The van der Waals surface area contributed by atoms with Crippen molar-refractivity contribution >= 4 is 5.71 Å². The second-order valence-electron chi connectivity index (χ2n) is 4.74. The molecule has 1 rings (SSSR count). The molecule has 3 N–H and O–H groups in total. The number of oxime groups is 1. The second kappa shape index (κ2) is 7.76. The first-order chi connectivity index (χ1) is 9.02. The number of aliphatic hydroxyl groups is 1. The van der Waals surface area contributed by atoms with Crippen LogP contribution in [0.3, 0.4) is 0 Å². The summed E-state index contributed by atoms with van der Waals surface area (Å²) in [7, 11) is 0. The molecular formula is C14H22N2O3. The van der Waals surface area contributed by atoms with Crippen molar-refractivity contribution < 1.29 is 15.1 Å². The minimum atomic E-state index is -0.539. The number of benzene rings is 1. The molecule has 0 aliphatic heterocycles. The predicted molar refractivity (Wildman–Crippen MR) is 75.1 cm³/mol. The highest BCUT2D eigenvalue weighted by molar-refractivity contribution is 5.98. The maximum Gasteiger partial charge on any atom is 0.119 e. The van der Waals surface area contributed by atoms with Gasteiger partial charge >= 0.3 is 0 Å². The average molecular weight is 266 g/mol. The number of nitrogens with zero attached hydrogens (tertiary/aromatic N) is 1. The van der Waals surface area contributed by atoms with E-state index in [0.29, 0.717) is 24.0 Å². The molecule has 5 nitrogen and oxygen atoms in total. The summed E-state index contributed by atoms with van der Waals surface area (Å²) < 4.78 is 5.48. The lowest BCUT2D eigenvalue weighted by Gasteiger charge is -2.15.